The molecular weight excluding hydrogens is 427 g/mol. The number of aromatic nitrogens is 3. The highest BCUT2D eigenvalue weighted by molar-refractivity contribution is 5.93. The van der Waals surface area contributed by atoms with Crippen LogP contribution in [0, 0.1) is 5.82 Å². The van der Waals surface area contributed by atoms with E-state index >= 15 is 0 Å². The Morgan fingerprint density at radius 2 is 2.09 bits per heavy atom. The Morgan fingerprint density at radius 3 is 2.82 bits per heavy atom. The predicted octanol–water partition coefficient (Wildman–Crippen LogP) is 4.18. The molecule has 0 unspecified atom stereocenters. The van der Waals surface area contributed by atoms with Crippen LogP contribution in [-0.4, -0.2) is 37.4 Å². The first-order chi connectivity index (χ1) is 15.8. The molecule has 1 aliphatic heterocycles. The van der Waals surface area contributed by atoms with Crippen LogP contribution in [0.4, 0.5) is 4.39 Å². The normalized spacial score (nSPS) is 18.7. The number of carbonyl (C=O) groups excluding carboxylic acids is 1. The Hall–Kier alpha value is -3.46. The highest BCUT2D eigenvalue weighted by Gasteiger charge is 2.42. The molecule has 0 saturated heterocycles. The third-order valence-corrected chi connectivity index (χ3v) is 6.32. The summed E-state index contributed by atoms with van der Waals surface area (Å²) in [6.07, 6.45) is 4.02. The van der Waals surface area contributed by atoms with E-state index in [4.69, 9.17) is 8.83 Å². The topological polar surface area (TPSA) is 108 Å². The maximum atomic E-state index is 14.4. The maximum absolute atomic E-state index is 14.4. The van der Waals surface area contributed by atoms with E-state index in [9.17, 15) is 14.3 Å². The number of carbonyl (C=O) groups is 1. The third-order valence-electron chi connectivity index (χ3n) is 6.32. The van der Waals surface area contributed by atoms with Crippen molar-refractivity contribution in [1.29, 1.82) is 0 Å². The number of hydrogen-bond acceptors (Lipinski definition) is 6. The fourth-order valence-electron chi connectivity index (χ4n) is 4.47. The first-order valence-electron chi connectivity index (χ1n) is 11.1. The number of halogens is 1. The van der Waals surface area contributed by atoms with E-state index in [0.29, 0.717) is 41.1 Å². The summed E-state index contributed by atoms with van der Waals surface area (Å²) >= 11 is 0. The van der Waals surface area contributed by atoms with Crippen LogP contribution in [0.2, 0.25) is 0 Å². The van der Waals surface area contributed by atoms with E-state index in [0.717, 1.165) is 18.5 Å². The molecule has 2 N–H and O–H groups in total. The highest BCUT2D eigenvalue weighted by Crippen LogP contribution is 2.44. The second-order valence-electron chi connectivity index (χ2n) is 9.28. The second kappa shape index (κ2) is 7.02. The van der Waals surface area contributed by atoms with Crippen molar-refractivity contribution in [2.75, 3.05) is 6.54 Å². The van der Waals surface area contributed by atoms with Crippen LogP contribution in [0.1, 0.15) is 77.9 Å². The maximum Gasteiger partial charge on any atom is 0.292 e. The molecule has 1 aromatic carbocycles. The molecule has 1 fully saturated rings. The van der Waals surface area contributed by atoms with Gasteiger partial charge in [0.05, 0.1) is 23.1 Å². The van der Waals surface area contributed by atoms with Gasteiger partial charge < -0.3 is 23.8 Å². The third kappa shape index (κ3) is 3.26. The SMILES string of the molecule is CC(C)(O)c1nc(C2CC2)c(C(=O)N2CCc3[nH]cnc3[C@H]2c2cc3c(F)cccc3o2)o1. The quantitative estimate of drug-likeness (QED) is 0.483. The Labute approximate surface area is 188 Å². The van der Waals surface area contributed by atoms with Gasteiger partial charge in [-0.15, -0.1) is 0 Å². The molecule has 33 heavy (non-hydrogen) atoms. The van der Waals surface area contributed by atoms with E-state index in [1.54, 1.807) is 43.3 Å². The fourth-order valence-corrected chi connectivity index (χ4v) is 4.47. The minimum absolute atomic E-state index is 0.118. The van der Waals surface area contributed by atoms with Gasteiger partial charge in [0.1, 0.15) is 28.8 Å². The molecule has 1 atom stereocenters. The lowest BCUT2D eigenvalue weighted by Crippen LogP contribution is -2.40. The van der Waals surface area contributed by atoms with E-state index in [2.05, 4.69) is 15.0 Å². The molecular formula is C24H23FN4O4. The molecule has 1 saturated carbocycles. The zero-order valence-corrected chi connectivity index (χ0v) is 18.3. The highest BCUT2D eigenvalue weighted by atomic mass is 19.1. The molecule has 1 aliphatic carbocycles. The summed E-state index contributed by atoms with van der Waals surface area (Å²) in [5.74, 6) is 0.0902. The average molecular weight is 450 g/mol. The van der Waals surface area contributed by atoms with Crippen molar-refractivity contribution in [3.05, 3.63) is 70.9 Å². The molecule has 4 heterocycles. The van der Waals surface area contributed by atoms with Crippen LogP contribution < -0.4 is 0 Å². The number of aliphatic hydroxyl groups is 1. The number of furan rings is 1. The minimum atomic E-state index is -1.31. The van der Waals surface area contributed by atoms with Gasteiger partial charge in [0.2, 0.25) is 11.7 Å². The molecule has 0 radical (unpaired) electrons. The number of amides is 1. The number of nitrogens with zero attached hydrogens (tertiary/aromatic N) is 3. The van der Waals surface area contributed by atoms with Crippen LogP contribution in [-0.2, 0) is 12.0 Å². The number of oxazole rings is 1. The van der Waals surface area contributed by atoms with Crippen molar-refractivity contribution in [1.82, 2.24) is 19.9 Å². The lowest BCUT2D eigenvalue weighted by Gasteiger charge is -2.33. The predicted molar refractivity (Wildman–Crippen MR) is 115 cm³/mol. The van der Waals surface area contributed by atoms with Crippen molar-refractivity contribution >= 4 is 16.9 Å². The van der Waals surface area contributed by atoms with Gasteiger partial charge >= 0.3 is 0 Å². The monoisotopic (exact) mass is 450 g/mol. The van der Waals surface area contributed by atoms with Crippen LogP contribution in [0.5, 0.6) is 0 Å². The number of rotatable bonds is 4. The van der Waals surface area contributed by atoms with Crippen molar-refractivity contribution in [2.24, 2.45) is 0 Å². The van der Waals surface area contributed by atoms with Crippen molar-refractivity contribution < 1.29 is 23.1 Å². The standard InChI is InChI=1S/C24H23FN4O4/c1-24(2,31)23-28-18(12-6-7-12)21(33-23)22(30)29-9-8-15-19(27-11-26-15)20(29)17-10-13-14(25)4-3-5-16(13)32-17/h3-5,10-12,20,31H,6-9H2,1-2H3,(H,26,27)/t20-/m1/s1. The number of aromatic amines is 1. The van der Waals surface area contributed by atoms with Gasteiger partial charge in [-0.1, -0.05) is 6.07 Å². The Morgan fingerprint density at radius 1 is 1.27 bits per heavy atom. The molecule has 1 amide bonds. The number of nitrogens with one attached hydrogen (secondary N) is 1. The van der Waals surface area contributed by atoms with Crippen LogP contribution in [0.15, 0.2) is 39.4 Å². The first kappa shape index (κ1) is 20.2. The van der Waals surface area contributed by atoms with Gasteiger partial charge in [-0.25, -0.2) is 14.4 Å². The Balaban J connectivity index is 1.46. The smallest absolute Gasteiger partial charge is 0.292 e. The first-order valence-corrected chi connectivity index (χ1v) is 11.1. The molecule has 9 heteroatoms. The van der Waals surface area contributed by atoms with Crippen LogP contribution in [0.3, 0.4) is 0 Å². The van der Waals surface area contributed by atoms with Gasteiger partial charge in [0.25, 0.3) is 5.91 Å². The number of imidazole rings is 1. The van der Waals surface area contributed by atoms with Gasteiger partial charge in [-0.05, 0) is 44.9 Å². The Kier molecular flexibility index (Phi) is 4.29. The lowest BCUT2D eigenvalue weighted by molar-refractivity contribution is 0.0437. The molecule has 6 rings (SSSR count). The van der Waals surface area contributed by atoms with Crippen molar-refractivity contribution in [3.63, 3.8) is 0 Å². The zero-order chi connectivity index (χ0) is 22.9. The fraction of sp³-hybridized carbons (Fsp3) is 0.375. The lowest BCUT2D eigenvalue weighted by atomic mass is 9.99. The van der Waals surface area contributed by atoms with Gasteiger partial charge in [0, 0.05) is 24.6 Å². The average Bonchev–Trinajstić information content (AvgIpc) is 3.18. The van der Waals surface area contributed by atoms with E-state index < -0.39 is 11.6 Å². The van der Waals surface area contributed by atoms with Gasteiger partial charge in [0.15, 0.2) is 0 Å². The van der Waals surface area contributed by atoms with E-state index in [-0.39, 0.29) is 29.3 Å². The number of hydrogen-bond donors (Lipinski definition) is 2. The zero-order valence-electron chi connectivity index (χ0n) is 18.3. The van der Waals surface area contributed by atoms with E-state index in [1.165, 1.54) is 6.07 Å². The molecule has 4 aromatic rings. The molecule has 170 valence electrons. The summed E-state index contributed by atoms with van der Waals surface area (Å²) in [7, 11) is 0. The van der Waals surface area contributed by atoms with Crippen LogP contribution >= 0.6 is 0 Å². The van der Waals surface area contributed by atoms with Gasteiger partial charge in [-0.3, -0.25) is 4.79 Å². The molecule has 0 spiro atoms. The molecule has 2 aliphatic rings. The molecule has 3 aromatic heterocycles. The summed E-state index contributed by atoms with van der Waals surface area (Å²) in [6.45, 7) is 3.54. The van der Waals surface area contributed by atoms with Gasteiger partial charge in [-0.2, -0.15) is 0 Å². The van der Waals surface area contributed by atoms with E-state index in [1.807, 2.05) is 0 Å². The second-order valence-corrected chi connectivity index (χ2v) is 9.28. The molecule has 0 bridgehead atoms. The number of benzene rings is 1. The van der Waals surface area contributed by atoms with Crippen molar-refractivity contribution in [3.8, 4) is 0 Å². The number of H-pyrrole nitrogens is 1. The summed E-state index contributed by atoms with van der Waals surface area (Å²) in [5.41, 5.74) is 1.24. The summed E-state index contributed by atoms with van der Waals surface area (Å²) in [4.78, 5) is 27.6. The summed E-state index contributed by atoms with van der Waals surface area (Å²) in [6, 6.07) is 5.63. The van der Waals surface area contributed by atoms with Crippen molar-refractivity contribution in [2.45, 2.75) is 50.7 Å². The largest absolute Gasteiger partial charge is 0.458 e. The molecule has 8 nitrogen and oxygen atoms in total. The number of fused-ring (bicyclic) bond motifs is 2. The summed E-state index contributed by atoms with van der Waals surface area (Å²) in [5, 5.41) is 10.8. The minimum Gasteiger partial charge on any atom is -0.458 e. The van der Waals surface area contributed by atoms with Crippen LogP contribution in [0.25, 0.3) is 11.0 Å². The summed E-state index contributed by atoms with van der Waals surface area (Å²) < 4.78 is 26.2. The Bertz CT molecular complexity index is 1370.